The van der Waals surface area contributed by atoms with Gasteiger partial charge in [-0.25, -0.2) is 4.98 Å². The Morgan fingerprint density at radius 2 is 1.63 bits per heavy atom. The number of nitrogens with zero attached hydrogens (tertiary/aromatic N) is 6. The van der Waals surface area contributed by atoms with Gasteiger partial charge in [-0.2, -0.15) is 5.26 Å². The maximum absolute atomic E-state index is 14.4. The second kappa shape index (κ2) is 23.4. The fourth-order valence-electron chi connectivity index (χ4n) is 12.6. The van der Waals surface area contributed by atoms with Crippen LogP contribution >= 0.6 is 22.9 Å². The minimum Gasteiger partial charge on any atom is -0.489 e. The van der Waals surface area contributed by atoms with E-state index in [9.17, 15) is 29.5 Å². The zero-order valence-corrected chi connectivity index (χ0v) is 47.4. The lowest BCUT2D eigenvalue weighted by Crippen LogP contribution is -2.74. The number of rotatable bonds is 14. The van der Waals surface area contributed by atoms with E-state index in [0.717, 1.165) is 66.0 Å². The summed E-state index contributed by atoms with van der Waals surface area (Å²) in [5.74, 6) is 6.34. The molecule has 4 unspecified atom stereocenters. The third-order valence-corrected chi connectivity index (χ3v) is 17.9. The van der Waals surface area contributed by atoms with Crippen molar-refractivity contribution >= 4 is 46.6 Å². The zero-order chi connectivity index (χ0) is 55.6. The molecule has 0 bridgehead atoms. The van der Waals surface area contributed by atoms with Crippen LogP contribution in [0.3, 0.4) is 0 Å². The molecule has 1 aliphatic carbocycles. The molecule has 4 atom stereocenters. The van der Waals surface area contributed by atoms with Crippen molar-refractivity contribution in [3.05, 3.63) is 123 Å². The molecule has 4 amide bonds. The van der Waals surface area contributed by atoms with Gasteiger partial charge in [0, 0.05) is 78.1 Å². The second-order valence-electron chi connectivity index (χ2n) is 23.2. The van der Waals surface area contributed by atoms with Crippen LogP contribution in [0.15, 0.2) is 82.8 Å². The highest BCUT2D eigenvalue weighted by atomic mass is 35.5. The van der Waals surface area contributed by atoms with Crippen molar-refractivity contribution in [2.75, 3.05) is 32.7 Å². The number of nitriles is 1. The number of amides is 4. The Bertz CT molecular complexity index is 3080. The van der Waals surface area contributed by atoms with Crippen molar-refractivity contribution in [2.24, 2.45) is 22.7 Å². The van der Waals surface area contributed by atoms with E-state index >= 15 is 0 Å². The van der Waals surface area contributed by atoms with Crippen molar-refractivity contribution in [1.29, 1.82) is 5.26 Å². The zero-order valence-electron chi connectivity index (χ0n) is 45.8. The number of β-amino-alcohol motifs (C(OH)–C–C–N with tert-alkyl or cyclic N) is 1. The van der Waals surface area contributed by atoms with Crippen LogP contribution in [0.25, 0.3) is 10.4 Å². The number of aliphatic hydroxyl groups is 1. The molecule has 9 rings (SSSR count). The highest BCUT2D eigenvalue weighted by Crippen LogP contribution is 2.55. The van der Waals surface area contributed by atoms with Crippen LogP contribution in [-0.2, 0) is 14.4 Å². The number of ether oxygens (including phenoxy) is 1. The third kappa shape index (κ3) is 12.0. The smallest absolute Gasteiger partial charge is 0.251 e. The number of aryl methyl sites for hydroxylation is 2. The quantitative estimate of drug-likeness (QED) is 0.0898. The summed E-state index contributed by atoms with van der Waals surface area (Å²) in [5.41, 5.74) is 6.21. The van der Waals surface area contributed by atoms with E-state index in [1.54, 1.807) is 42.5 Å². The summed E-state index contributed by atoms with van der Waals surface area (Å²) >= 11 is 7.83. The van der Waals surface area contributed by atoms with E-state index in [1.165, 1.54) is 4.90 Å². The van der Waals surface area contributed by atoms with Crippen LogP contribution in [0.2, 0.25) is 5.02 Å². The van der Waals surface area contributed by atoms with E-state index in [-0.39, 0.29) is 71.9 Å². The molecular weight excluding hydrogens is 1020 g/mol. The number of piperidine rings is 2. The number of carbonyl (C=O) groups is 4. The Morgan fingerprint density at radius 3 is 2.23 bits per heavy atom. The number of nitrogens with one attached hydrogen (secondary N) is 2. The molecule has 5 heterocycles. The Kier molecular flexibility index (Phi) is 16.9. The molecule has 3 saturated heterocycles. The number of thiazole rings is 1. The number of likely N-dealkylation sites (tertiary alicyclic amines) is 3. The molecule has 0 spiro atoms. The van der Waals surface area contributed by atoms with Gasteiger partial charge in [-0.3, -0.25) is 19.2 Å². The monoisotopic (exact) mass is 1090 g/mol. The largest absolute Gasteiger partial charge is 0.489 e. The Labute approximate surface area is 467 Å². The van der Waals surface area contributed by atoms with Crippen LogP contribution in [0, 0.1) is 59.7 Å². The molecule has 410 valence electrons. The molecular formula is C61H71ClN8O7S. The van der Waals surface area contributed by atoms with Gasteiger partial charge in [0.05, 0.1) is 50.9 Å². The number of benzene rings is 3. The number of hydrogen-bond acceptors (Lipinski definition) is 12. The number of halogens is 1. The third-order valence-electron chi connectivity index (χ3n) is 16.6. The first-order chi connectivity index (χ1) is 37.2. The van der Waals surface area contributed by atoms with Gasteiger partial charge < -0.3 is 39.7 Å². The van der Waals surface area contributed by atoms with Gasteiger partial charge in [0.1, 0.15) is 35.6 Å². The summed E-state index contributed by atoms with van der Waals surface area (Å²) in [6.45, 7) is 19.0. The Morgan fingerprint density at radius 1 is 0.936 bits per heavy atom. The van der Waals surface area contributed by atoms with E-state index in [1.807, 2.05) is 79.7 Å². The highest BCUT2D eigenvalue weighted by molar-refractivity contribution is 7.13. The van der Waals surface area contributed by atoms with Gasteiger partial charge >= 0.3 is 0 Å². The van der Waals surface area contributed by atoms with E-state index in [2.05, 4.69) is 71.3 Å². The SMILES string of the molecule is Cc1cc(C(C(=O)N2CC(O)CC2C(=O)NC(CC(=O)N2CCC(N3CCC(C#Cc4ccc(C(=O)NC5C(C)(C)C(Oc6ccc(C#N)c(Cl)c6)C5(C)C)cc4)CC3)CC2)c2ccc(-c3scnc3C)cc2)C(C)C)on1. The molecule has 3 aliphatic heterocycles. The normalized spacial score (nSPS) is 22.1. The lowest BCUT2D eigenvalue weighted by atomic mass is 9.49. The van der Waals surface area contributed by atoms with Crippen LogP contribution in [0.4, 0.5) is 0 Å². The van der Waals surface area contributed by atoms with Gasteiger partial charge in [0.25, 0.3) is 5.91 Å². The molecule has 3 aromatic carbocycles. The first-order valence-electron chi connectivity index (χ1n) is 27.2. The van der Waals surface area contributed by atoms with E-state index < -0.39 is 30.0 Å². The second-order valence-corrected chi connectivity index (χ2v) is 24.5. The number of hydrogen-bond donors (Lipinski definition) is 3. The van der Waals surface area contributed by atoms with Crippen molar-refractivity contribution < 1.29 is 33.5 Å². The molecule has 1 saturated carbocycles. The minimum atomic E-state index is -0.938. The topological polar surface area (TPSA) is 194 Å². The van der Waals surface area contributed by atoms with Gasteiger partial charge in [0.15, 0.2) is 0 Å². The van der Waals surface area contributed by atoms with Crippen LogP contribution in [0.5, 0.6) is 5.75 Å². The lowest BCUT2D eigenvalue weighted by Gasteiger charge is -2.63. The van der Waals surface area contributed by atoms with Crippen molar-refractivity contribution in [2.45, 2.75) is 136 Å². The summed E-state index contributed by atoms with van der Waals surface area (Å²) in [4.78, 5) is 67.8. The van der Waals surface area contributed by atoms with E-state index in [0.29, 0.717) is 52.5 Å². The molecule has 5 aromatic rings. The summed E-state index contributed by atoms with van der Waals surface area (Å²) in [6, 6.07) is 22.8. The van der Waals surface area contributed by atoms with Gasteiger partial charge in [-0.1, -0.05) is 94.4 Å². The first-order valence-corrected chi connectivity index (χ1v) is 28.5. The van der Waals surface area contributed by atoms with Crippen molar-refractivity contribution in [3.63, 3.8) is 0 Å². The maximum atomic E-state index is 14.4. The van der Waals surface area contributed by atoms with Crippen LogP contribution in [-0.4, -0.2) is 117 Å². The molecule has 0 radical (unpaired) electrons. The summed E-state index contributed by atoms with van der Waals surface area (Å²) < 4.78 is 11.9. The summed E-state index contributed by atoms with van der Waals surface area (Å²) in [7, 11) is 0. The van der Waals surface area contributed by atoms with Crippen molar-refractivity contribution in [3.8, 4) is 34.1 Å². The van der Waals surface area contributed by atoms with Crippen molar-refractivity contribution in [1.82, 2.24) is 35.5 Å². The standard InChI is InChI=1S/C61H71ClN8O7S/c1-36(2)53(51-29-37(3)67-77-51)57(75)70-34-46(71)30-50(70)56(74)65-49(41-15-17-42(18-16-41)54-38(4)64-35-78-54)32-52(72)69-27-23-45(24-28-69)68-25-21-40(22-26-68)10-9-39-11-13-43(14-12-39)55(73)66-58-60(5,6)59(61(58,7)8)76-47-20-19-44(33-63)48(62)31-47/h11-20,29,31,35-36,40,45-46,49-50,53,58-59,71H,21-28,30,32,34H2,1-8H3,(H,65,74)(H,66,73). The number of carbonyl (C=O) groups excluding carboxylic acids is 4. The molecule has 78 heavy (non-hydrogen) atoms. The average molecular weight is 1100 g/mol. The molecule has 15 nitrogen and oxygen atoms in total. The average Bonchev–Trinajstić information content (AvgIpc) is 4.23. The first kappa shape index (κ1) is 56.2. The number of aromatic nitrogens is 2. The van der Waals surface area contributed by atoms with E-state index in [4.69, 9.17) is 20.9 Å². The fourth-order valence-corrected chi connectivity index (χ4v) is 13.6. The Hall–Kier alpha value is -6.56. The predicted molar refractivity (Wildman–Crippen MR) is 299 cm³/mol. The van der Waals surface area contributed by atoms with Crippen LogP contribution < -0.4 is 15.4 Å². The summed E-state index contributed by atoms with van der Waals surface area (Å²) in [5, 5.41) is 30.9. The molecule has 4 fully saturated rings. The molecule has 17 heteroatoms. The fraction of sp³-hybridized carbons (Fsp3) is 0.492. The maximum Gasteiger partial charge on any atom is 0.251 e. The Balaban J connectivity index is 0.769. The number of aliphatic hydroxyl groups excluding tert-OH is 1. The van der Waals surface area contributed by atoms with Gasteiger partial charge in [0.2, 0.25) is 17.7 Å². The van der Waals surface area contributed by atoms with Crippen LogP contribution in [0.1, 0.15) is 136 Å². The van der Waals surface area contributed by atoms with Gasteiger partial charge in [-0.05, 0) is 106 Å². The predicted octanol–water partition coefficient (Wildman–Crippen LogP) is 9.26. The minimum absolute atomic E-state index is 0.0107. The molecule has 2 aromatic heterocycles. The summed E-state index contributed by atoms with van der Waals surface area (Å²) in [6.07, 6.45) is 2.62. The highest BCUT2D eigenvalue weighted by Gasteiger charge is 2.64. The molecule has 3 N–H and O–H groups in total. The lowest BCUT2D eigenvalue weighted by molar-refractivity contribution is -0.164. The molecule has 4 aliphatic rings. The van der Waals surface area contributed by atoms with Gasteiger partial charge in [-0.15, -0.1) is 11.3 Å².